The number of phenolic OH excluding ortho intramolecular Hbond substituents is 2. The molecule has 0 saturated heterocycles. The molecule has 1 aromatic rings. The van der Waals surface area contributed by atoms with Crippen molar-refractivity contribution in [1.82, 2.24) is 5.32 Å². The van der Waals surface area contributed by atoms with E-state index in [0.717, 1.165) is 12.1 Å². The number of carbonyl (C=O) groups excluding carboxylic acids is 2. The molecule has 1 aliphatic heterocycles. The number of allylic oxidation sites excluding steroid dienone is 1. The number of hydrogen-bond acceptors (Lipinski definition) is 6. The van der Waals surface area contributed by atoms with Gasteiger partial charge in [-0.15, -0.1) is 0 Å². The maximum Gasteiger partial charge on any atom is 0.341 e. The number of phenols is 2. The van der Waals surface area contributed by atoms with Crippen LogP contribution in [0.1, 0.15) is 25.0 Å². The number of carboxylic acid groups (broad SMARTS) is 1. The minimum Gasteiger partial charge on any atom is -0.504 e. The van der Waals surface area contributed by atoms with Crippen molar-refractivity contribution >= 4 is 23.9 Å². The van der Waals surface area contributed by atoms with E-state index in [4.69, 9.17) is 9.84 Å². The predicted molar refractivity (Wildman–Crippen MR) is 82.4 cm³/mol. The first-order valence-corrected chi connectivity index (χ1v) is 6.88. The summed E-state index contributed by atoms with van der Waals surface area (Å²) >= 11 is 0. The lowest BCUT2D eigenvalue weighted by Gasteiger charge is -2.23. The first-order chi connectivity index (χ1) is 11.2. The highest BCUT2D eigenvalue weighted by Gasteiger charge is 2.48. The molecule has 8 heteroatoms. The van der Waals surface area contributed by atoms with Crippen molar-refractivity contribution in [1.29, 1.82) is 0 Å². The summed E-state index contributed by atoms with van der Waals surface area (Å²) in [5, 5.41) is 30.7. The first kappa shape index (κ1) is 17.1. The number of hydrogen-bond donors (Lipinski definition) is 4. The molecule has 1 heterocycles. The predicted octanol–water partition coefficient (Wildman–Crippen LogP) is 1.02. The van der Waals surface area contributed by atoms with Crippen LogP contribution in [0.25, 0.3) is 6.08 Å². The van der Waals surface area contributed by atoms with Crippen LogP contribution in [-0.4, -0.2) is 33.2 Å². The van der Waals surface area contributed by atoms with Gasteiger partial charge in [0.25, 0.3) is 0 Å². The number of fused-ring (bicyclic) bond motifs is 1. The van der Waals surface area contributed by atoms with Gasteiger partial charge in [-0.3, -0.25) is 4.79 Å². The van der Waals surface area contributed by atoms with Crippen molar-refractivity contribution in [2.24, 2.45) is 0 Å². The summed E-state index contributed by atoms with van der Waals surface area (Å²) in [5.74, 6) is -3.92. The van der Waals surface area contributed by atoms with Gasteiger partial charge >= 0.3 is 11.9 Å². The van der Waals surface area contributed by atoms with Crippen LogP contribution in [0.3, 0.4) is 0 Å². The van der Waals surface area contributed by atoms with Gasteiger partial charge in [-0.2, -0.15) is 0 Å². The normalized spacial score (nSPS) is 19.5. The van der Waals surface area contributed by atoms with E-state index >= 15 is 0 Å². The molecule has 0 saturated carbocycles. The van der Waals surface area contributed by atoms with E-state index in [1.54, 1.807) is 13.0 Å². The lowest BCUT2D eigenvalue weighted by atomic mass is 9.88. The summed E-state index contributed by atoms with van der Waals surface area (Å²) in [6.45, 7) is 3.02. The Hall–Kier alpha value is -3.29. The van der Waals surface area contributed by atoms with Crippen molar-refractivity contribution in [3.05, 3.63) is 35.4 Å². The second kappa shape index (κ2) is 6.07. The molecular formula is C16H15NO7. The molecule has 0 unspecified atom stereocenters. The third-order valence-corrected chi connectivity index (χ3v) is 3.48. The van der Waals surface area contributed by atoms with Crippen molar-refractivity contribution in [3.63, 3.8) is 0 Å². The Kier molecular flexibility index (Phi) is 4.32. The zero-order valence-electron chi connectivity index (χ0n) is 12.9. The monoisotopic (exact) mass is 333 g/mol. The fourth-order valence-corrected chi connectivity index (χ4v) is 2.43. The molecule has 2 rings (SSSR count). The Morgan fingerprint density at radius 3 is 2.54 bits per heavy atom. The number of amides is 1. The highest BCUT2D eigenvalue weighted by Crippen LogP contribution is 2.47. The third kappa shape index (κ3) is 2.81. The van der Waals surface area contributed by atoms with Crippen LogP contribution in [0, 0.1) is 0 Å². The van der Waals surface area contributed by atoms with Crippen molar-refractivity contribution < 1.29 is 34.4 Å². The number of ether oxygens (including phenoxy) is 1. The van der Waals surface area contributed by atoms with Crippen LogP contribution in [0.4, 0.5) is 0 Å². The van der Waals surface area contributed by atoms with E-state index in [-0.39, 0.29) is 16.9 Å². The number of esters is 1. The van der Waals surface area contributed by atoms with Gasteiger partial charge in [0, 0.05) is 29.3 Å². The molecule has 126 valence electrons. The number of aliphatic carboxylic acids is 1. The van der Waals surface area contributed by atoms with Gasteiger partial charge in [0.2, 0.25) is 5.91 Å². The van der Waals surface area contributed by atoms with E-state index in [1.807, 2.05) is 0 Å². The third-order valence-electron chi connectivity index (χ3n) is 3.48. The molecule has 1 amide bonds. The van der Waals surface area contributed by atoms with Gasteiger partial charge < -0.3 is 25.4 Å². The fourth-order valence-electron chi connectivity index (χ4n) is 2.43. The minimum atomic E-state index is -1.66. The number of carboxylic acids is 1. The van der Waals surface area contributed by atoms with E-state index in [1.165, 1.54) is 13.0 Å². The largest absolute Gasteiger partial charge is 0.504 e. The van der Waals surface area contributed by atoms with Gasteiger partial charge in [0.1, 0.15) is 5.75 Å². The van der Waals surface area contributed by atoms with Crippen LogP contribution in [0.15, 0.2) is 24.3 Å². The standard InChI is InChI=1S/C16H15NO7/c1-3-4-8-13-10(7-9(18)14(8)22)24-15(23)16(13,2)17-11(19)5-6-12(20)21/h3-7,18,22H,1-2H3,(H,17,19)(H,20,21)/t16-/m0/s1. The Labute approximate surface area is 136 Å². The van der Waals surface area contributed by atoms with Crippen molar-refractivity contribution in [3.8, 4) is 17.2 Å². The van der Waals surface area contributed by atoms with E-state index < -0.39 is 34.9 Å². The smallest absolute Gasteiger partial charge is 0.341 e. The molecule has 1 atom stereocenters. The molecule has 0 spiro atoms. The topological polar surface area (TPSA) is 133 Å². The molecule has 0 bridgehead atoms. The average Bonchev–Trinajstić information content (AvgIpc) is 2.72. The molecule has 0 aromatic heterocycles. The number of rotatable bonds is 4. The fraction of sp³-hybridized carbons (Fsp3) is 0.188. The SMILES string of the molecule is CC=Cc1c(O)c(O)cc2c1[C@](C)(NC(=O)C=CC(=O)O)C(=O)O2. The van der Waals surface area contributed by atoms with Gasteiger partial charge in [-0.25, -0.2) is 9.59 Å². The van der Waals surface area contributed by atoms with Crippen LogP contribution >= 0.6 is 0 Å². The van der Waals surface area contributed by atoms with Crippen LogP contribution < -0.4 is 10.1 Å². The summed E-state index contributed by atoms with van der Waals surface area (Å²) < 4.78 is 5.07. The van der Waals surface area contributed by atoms with E-state index in [0.29, 0.717) is 6.08 Å². The summed E-state index contributed by atoms with van der Waals surface area (Å²) in [7, 11) is 0. The first-order valence-electron chi connectivity index (χ1n) is 6.88. The van der Waals surface area contributed by atoms with Crippen molar-refractivity contribution in [2.75, 3.05) is 0 Å². The van der Waals surface area contributed by atoms with E-state index in [2.05, 4.69) is 5.32 Å². The lowest BCUT2D eigenvalue weighted by molar-refractivity contribution is -0.141. The Balaban J connectivity index is 2.56. The number of nitrogens with one attached hydrogen (secondary N) is 1. The summed E-state index contributed by atoms with van der Waals surface area (Å²) in [5.41, 5.74) is -1.38. The van der Waals surface area contributed by atoms with Crippen LogP contribution in [0.5, 0.6) is 17.2 Å². The molecule has 1 aromatic carbocycles. The lowest BCUT2D eigenvalue weighted by Crippen LogP contribution is -2.47. The van der Waals surface area contributed by atoms with Crippen LogP contribution in [-0.2, 0) is 19.9 Å². The van der Waals surface area contributed by atoms with Gasteiger partial charge in [0.15, 0.2) is 17.0 Å². The zero-order valence-corrected chi connectivity index (χ0v) is 12.9. The quantitative estimate of drug-likeness (QED) is 0.280. The molecule has 8 nitrogen and oxygen atoms in total. The van der Waals surface area contributed by atoms with Crippen molar-refractivity contribution in [2.45, 2.75) is 19.4 Å². The summed E-state index contributed by atoms with van der Waals surface area (Å²) in [6, 6.07) is 1.07. The highest BCUT2D eigenvalue weighted by molar-refractivity contribution is 6.00. The summed E-state index contributed by atoms with van der Waals surface area (Å²) in [4.78, 5) is 34.6. The highest BCUT2D eigenvalue weighted by atomic mass is 16.5. The maximum atomic E-state index is 12.2. The average molecular weight is 333 g/mol. The molecule has 0 radical (unpaired) electrons. The second-order valence-electron chi connectivity index (χ2n) is 5.21. The Morgan fingerprint density at radius 2 is 1.96 bits per heavy atom. The Bertz CT molecular complexity index is 794. The van der Waals surface area contributed by atoms with Gasteiger partial charge in [-0.1, -0.05) is 12.2 Å². The van der Waals surface area contributed by atoms with Gasteiger partial charge in [0.05, 0.1) is 0 Å². The second-order valence-corrected chi connectivity index (χ2v) is 5.21. The number of aromatic hydroxyl groups is 2. The van der Waals surface area contributed by atoms with E-state index in [9.17, 15) is 24.6 Å². The molecule has 0 fully saturated rings. The number of carbonyl (C=O) groups is 3. The van der Waals surface area contributed by atoms with Gasteiger partial charge in [-0.05, 0) is 13.8 Å². The zero-order chi connectivity index (χ0) is 18.1. The molecular weight excluding hydrogens is 318 g/mol. The molecule has 4 N–H and O–H groups in total. The molecule has 1 aliphatic rings. The minimum absolute atomic E-state index is 0.00610. The molecule has 0 aliphatic carbocycles. The molecule has 24 heavy (non-hydrogen) atoms. The Morgan fingerprint density at radius 1 is 1.29 bits per heavy atom. The van der Waals surface area contributed by atoms with Crippen LogP contribution in [0.2, 0.25) is 0 Å². The number of benzene rings is 1. The maximum absolute atomic E-state index is 12.2. The summed E-state index contributed by atoms with van der Waals surface area (Å²) in [6.07, 6.45) is 4.41.